The number of imidazole rings is 1. The van der Waals surface area contributed by atoms with Crippen LogP contribution in [0.1, 0.15) is 50.5 Å². The molecule has 1 aromatic heterocycles. The first kappa shape index (κ1) is 13.1. The van der Waals surface area contributed by atoms with Crippen molar-refractivity contribution in [1.82, 2.24) is 14.9 Å². The quantitative estimate of drug-likeness (QED) is 0.891. The number of hydrogen-bond acceptors (Lipinski definition) is 3. The molecule has 2 unspecified atom stereocenters. The molecule has 1 saturated carbocycles. The predicted octanol–water partition coefficient (Wildman–Crippen LogP) is 2.49. The summed E-state index contributed by atoms with van der Waals surface area (Å²) in [5.41, 5.74) is 1.95. The summed E-state index contributed by atoms with van der Waals surface area (Å²) in [6.07, 6.45) is 4.75. The molecule has 1 aromatic rings. The largest absolute Gasteiger partial charge is 0.331 e. The van der Waals surface area contributed by atoms with Gasteiger partial charge in [-0.1, -0.05) is 0 Å². The Kier molecular flexibility index (Phi) is 3.45. The maximum absolute atomic E-state index is 9.47. The zero-order chi connectivity index (χ0) is 13.3. The molecule has 1 aliphatic rings. The fourth-order valence-electron chi connectivity index (χ4n) is 2.96. The van der Waals surface area contributed by atoms with E-state index in [2.05, 4.69) is 41.7 Å². The molecule has 4 heteroatoms. The van der Waals surface area contributed by atoms with Crippen molar-refractivity contribution in [3.63, 3.8) is 0 Å². The topological polar surface area (TPSA) is 53.6 Å². The highest BCUT2D eigenvalue weighted by Gasteiger charge is 2.40. The number of rotatable bonds is 3. The standard InChI is InChI=1S/C14H22N4/c1-10(2)17-14(8-15)6-5-13(7-14)18-9-16-11(3)12(18)4/h9-10,13,17H,5-7H2,1-4H3. The smallest absolute Gasteiger partial charge is 0.109 e. The Morgan fingerprint density at radius 3 is 2.78 bits per heavy atom. The summed E-state index contributed by atoms with van der Waals surface area (Å²) in [5.74, 6) is 0. The van der Waals surface area contributed by atoms with E-state index in [1.807, 2.05) is 13.3 Å². The van der Waals surface area contributed by atoms with Crippen molar-refractivity contribution in [3.05, 3.63) is 17.7 Å². The third-order valence-electron chi connectivity index (χ3n) is 3.95. The van der Waals surface area contributed by atoms with Gasteiger partial charge < -0.3 is 4.57 Å². The van der Waals surface area contributed by atoms with Crippen molar-refractivity contribution in [2.45, 2.75) is 64.6 Å². The Balaban J connectivity index is 2.17. The van der Waals surface area contributed by atoms with Crippen LogP contribution in [-0.4, -0.2) is 21.1 Å². The van der Waals surface area contributed by atoms with Crippen molar-refractivity contribution >= 4 is 0 Å². The lowest BCUT2D eigenvalue weighted by molar-refractivity contribution is 0.367. The SMILES string of the molecule is Cc1ncn(C2CCC(C#N)(NC(C)C)C2)c1C. The Labute approximate surface area is 109 Å². The predicted molar refractivity (Wildman–Crippen MR) is 71.2 cm³/mol. The third-order valence-corrected chi connectivity index (χ3v) is 3.95. The second-order valence-electron chi connectivity index (χ2n) is 5.71. The van der Waals surface area contributed by atoms with E-state index in [-0.39, 0.29) is 5.54 Å². The van der Waals surface area contributed by atoms with E-state index in [9.17, 15) is 5.26 Å². The number of nitrogens with zero attached hydrogens (tertiary/aromatic N) is 3. The molecular formula is C14H22N4. The van der Waals surface area contributed by atoms with Crippen LogP contribution in [0.25, 0.3) is 0 Å². The lowest BCUT2D eigenvalue weighted by Crippen LogP contribution is -2.45. The van der Waals surface area contributed by atoms with Gasteiger partial charge in [0.2, 0.25) is 0 Å². The van der Waals surface area contributed by atoms with Crippen molar-refractivity contribution < 1.29 is 0 Å². The highest BCUT2D eigenvalue weighted by atomic mass is 15.1. The number of hydrogen-bond donors (Lipinski definition) is 1. The summed E-state index contributed by atoms with van der Waals surface area (Å²) in [4.78, 5) is 4.35. The molecule has 0 aliphatic heterocycles. The van der Waals surface area contributed by atoms with Gasteiger partial charge in [0.25, 0.3) is 0 Å². The van der Waals surface area contributed by atoms with Crippen molar-refractivity contribution in [1.29, 1.82) is 5.26 Å². The summed E-state index contributed by atoms with van der Waals surface area (Å²) >= 11 is 0. The summed E-state index contributed by atoms with van der Waals surface area (Å²) in [6.45, 7) is 8.33. The van der Waals surface area contributed by atoms with Crippen molar-refractivity contribution in [2.75, 3.05) is 0 Å². The second-order valence-corrected chi connectivity index (χ2v) is 5.71. The molecule has 0 saturated heterocycles. The van der Waals surface area contributed by atoms with E-state index in [0.717, 1.165) is 25.0 Å². The second kappa shape index (κ2) is 4.74. The van der Waals surface area contributed by atoms with Crippen LogP contribution in [0, 0.1) is 25.2 Å². The van der Waals surface area contributed by atoms with Crippen LogP contribution >= 0.6 is 0 Å². The van der Waals surface area contributed by atoms with Crippen LogP contribution in [0.3, 0.4) is 0 Å². The van der Waals surface area contributed by atoms with Gasteiger partial charge in [-0.15, -0.1) is 0 Å². The maximum Gasteiger partial charge on any atom is 0.109 e. The molecule has 2 rings (SSSR count). The van der Waals surface area contributed by atoms with Gasteiger partial charge in [-0.3, -0.25) is 5.32 Å². The lowest BCUT2D eigenvalue weighted by atomic mass is 9.98. The van der Waals surface area contributed by atoms with E-state index < -0.39 is 0 Å². The third kappa shape index (κ3) is 2.28. The minimum absolute atomic E-state index is 0.342. The molecule has 0 amide bonds. The zero-order valence-electron chi connectivity index (χ0n) is 11.7. The summed E-state index contributed by atoms with van der Waals surface area (Å²) in [7, 11) is 0. The van der Waals surface area contributed by atoms with Gasteiger partial charge in [0.05, 0.1) is 18.1 Å². The van der Waals surface area contributed by atoms with Crippen LogP contribution < -0.4 is 5.32 Å². The fraction of sp³-hybridized carbons (Fsp3) is 0.714. The van der Waals surface area contributed by atoms with Crippen molar-refractivity contribution in [2.24, 2.45) is 0 Å². The van der Waals surface area contributed by atoms with Gasteiger partial charge in [-0.2, -0.15) is 5.26 Å². The Morgan fingerprint density at radius 2 is 2.28 bits per heavy atom. The Bertz CT molecular complexity index is 469. The Hall–Kier alpha value is -1.34. The van der Waals surface area contributed by atoms with E-state index in [1.165, 1.54) is 5.69 Å². The first-order valence-corrected chi connectivity index (χ1v) is 6.66. The van der Waals surface area contributed by atoms with Gasteiger partial charge in [-0.05, 0) is 47.0 Å². The average Bonchev–Trinajstić information content (AvgIpc) is 2.85. The maximum atomic E-state index is 9.47. The van der Waals surface area contributed by atoms with Gasteiger partial charge >= 0.3 is 0 Å². The molecule has 4 nitrogen and oxygen atoms in total. The summed E-state index contributed by atoms with van der Waals surface area (Å²) in [6, 6.07) is 3.23. The number of nitriles is 1. The van der Waals surface area contributed by atoms with Gasteiger partial charge in [-0.25, -0.2) is 4.98 Å². The number of aryl methyl sites for hydroxylation is 1. The fourth-order valence-corrected chi connectivity index (χ4v) is 2.96. The molecule has 1 heterocycles. The first-order valence-electron chi connectivity index (χ1n) is 6.66. The highest BCUT2D eigenvalue weighted by Crippen LogP contribution is 2.38. The molecule has 98 valence electrons. The lowest BCUT2D eigenvalue weighted by Gasteiger charge is -2.25. The van der Waals surface area contributed by atoms with Gasteiger partial charge in [0, 0.05) is 17.8 Å². The zero-order valence-corrected chi connectivity index (χ0v) is 11.7. The molecule has 1 aliphatic carbocycles. The van der Waals surface area contributed by atoms with E-state index in [4.69, 9.17) is 0 Å². The van der Waals surface area contributed by atoms with E-state index >= 15 is 0 Å². The molecule has 0 aromatic carbocycles. The van der Waals surface area contributed by atoms with Gasteiger partial charge in [0.1, 0.15) is 5.54 Å². The minimum atomic E-state index is -0.358. The Morgan fingerprint density at radius 1 is 1.56 bits per heavy atom. The number of aromatic nitrogens is 2. The molecular weight excluding hydrogens is 224 g/mol. The van der Waals surface area contributed by atoms with Crippen molar-refractivity contribution in [3.8, 4) is 6.07 Å². The molecule has 1 fully saturated rings. The van der Waals surface area contributed by atoms with Gasteiger partial charge in [0.15, 0.2) is 0 Å². The van der Waals surface area contributed by atoms with E-state index in [1.54, 1.807) is 0 Å². The monoisotopic (exact) mass is 246 g/mol. The molecule has 0 bridgehead atoms. The van der Waals surface area contributed by atoms with Crippen LogP contribution in [-0.2, 0) is 0 Å². The first-order chi connectivity index (χ1) is 8.47. The molecule has 2 atom stereocenters. The van der Waals surface area contributed by atoms with Crippen LogP contribution in [0.4, 0.5) is 0 Å². The number of nitrogens with one attached hydrogen (secondary N) is 1. The van der Waals surface area contributed by atoms with Crippen LogP contribution in [0.15, 0.2) is 6.33 Å². The molecule has 0 radical (unpaired) electrons. The average molecular weight is 246 g/mol. The van der Waals surface area contributed by atoms with Crippen LogP contribution in [0.5, 0.6) is 0 Å². The molecule has 0 spiro atoms. The molecule has 1 N–H and O–H groups in total. The summed E-state index contributed by atoms with van der Waals surface area (Å²) < 4.78 is 2.23. The highest BCUT2D eigenvalue weighted by molar-refractivity contribution is 5.16. The van der Waals surface area contributed by atoms with Crippen LogP contribution in [0.2, 0.25) is 0 Å². The normalized spacial score (nSPS) is 27.7. The minimum Gasteiger partial charge on any atom is -0.331 e. The van der Waals surface area contributed by atoms with E-state index in [0.29, 0.717) is 12.1 Å². The molecule has 18 heavy (non-hydrogen) atoms. The summed E-state index contributed by atoms with van der Waals surface area (Å²) in [5, 5.41) is 12.9.